The van der Waals surface area contributed by atoms with Crippen LogP contribution >= 0.6 is 0 Å². The highest BCUT2D eigenvalue weighted by Gasteiger charge is 2.32. The lowest BCUT2D eigenvalue weighted by Crippen LogP contribution is -2.38. The molecule has 1 aliphatic rings. The summed E-state index contributed by atoms with van der Waals surface area (Å²) in [5.74, 6) is -2.41. The van der Waals surface area contributed by atoms with Crippen molar-refractivity contribution in [2.45, 2.75) is 12.5 Å². The van der Waals surface area contributed by atoms with Crippen molar-refractivity contribution in [3.05, 3.63) is 65.0 Å². The minimum absolute atomic E-state index is 0.0467. The summed E-state index contributed by atoms with van der Waals surface area (Å²) in [4.78, 5) is 36.2. The van der Waals surface area contributed by atoms with E-state index in [0.29, 0.717) is 5.56 Å². The van der Waals surface area contributed by atoms with Crippen LogP contribution in [0.3, 0.4) is 0 Å². The number of carbonyl (C=O) groups is 3. The summed E-state index contributed by atoms with van der Waals surface area (Å²) in [6.45, 7) is 0. The number of carbonyl (C=O) groups excluding carboxylic acids is 3. The number of cyclic esters (lactones) is 1. The Kier molecular flexibility index (Phi) is 4.47. The summed E-state index contributed by atoms with van der Waals surface area (Å²) in [6, 6.07) is 9.99. The summed E-state index contributed by atoms with van der Waals surface area (Å²) in [5.41, 5.74) is 1.05. The molecule has 1 aliphatic heterocycles. The van der Waals surface area contributed by atoms with Gasteiger partial charge in [0.05, 0.1) is 23.9 Å². The van der Waals surface area contributed by atoms with Crippen LogP contribution in [0.15, 0.2) is 42.5 Å². The molecule has 1 N–H and O–H groups in total. The summed E-state index contributed by atoms with van der Waals surface area (Å²) in [6.07, 6.45) is -1.07. The molecule has 0 radical (unpaired) electrons. The van der Waals surface area contributed by atoms with Gasteiger partial charge in [0.2, 0.25) is 0 Å². The number of para-hydroxylation sites is 1. The number of esters is 2. The number of halogens is 1. The second-order valence-electron chi connectivity index (χ2n) is 5.43. The van der Waals surface area contributed by atoms with Crippen molar-refractivity contribution in [3.8, 4) is 0 Å². The standard InChI is InChI=1S/C18H14FNO5/c1-24-17(22)13-4-2-3-5-14(13)20-16(21)15-9-10-8-11(19)6-7-12(10)18(23)25-15/h2-8,15H,9H2,1H3,(H,20,21). The van der Waals surface area contributed by atoms with Crippen molar-refractivity contribution < 1.29 is 28.2 Å². The molecule has 0 aliphatic carbocycles. The van der Waals surface area contributed by atoms with E-state index in [1.807, 2.05) is 0 Å². The third kappa shape index (κ3) is 3.35. The largest absolute Gasteiger partial charge is 0.465 e. The summed E-state index contributed by atoms with van der Waals surface area (Å²) in [7, 11) is 1.23. The van der Waals surface area contributed by atoms with Crippen LogP contribution in [0.1, 0.15) is 26.3 Å². The molecule has 25 heavy (non-hydrogen) atoms. The zero-order chi connectivity index (χ0) is 18.0. The van der Waals surface area contributed by atoms with Gasteiger partial charge < -0.3 is 14.8 Å². The maximum absolute atomic E-state index is 13.4. The van der Waals surface area contributed by atoms with Crippen LogP contribution in [0.4, 0.5) is 10.1 Å². The highest BCUT2D eigenvalue weighted by atomic mass is 19.1. The first-order valence-corrected chi connectivity index (χ1v) is 7.47. The molecule has 0 fully saturated rings. The first kappa shape index (κ1) is 16.6. The normalized spacial score (nSPS) is 15.8. The van der Waals surface area contributed by atoms with E-state index in [9.17, 15) is 18.8 Å². The van der Waals surface area contributed by atoms with E-state index < -0.39 is 29.8 Å². The topological polar surface area (TPSA) is 81.7 Å². The van der Waals surface area contributed by atoms with E-state index in [1.54, 1.807) is 12.1 Å². The number of nitrogens with one attached hydrogen (secondary N) is 1. The van der Waals surface area contributed by atoms with Gasteiger partial charge in [-0.15, -0.1) is 0 Å². The van der Waals surface area contributed by atoms with E-state index >= 15 is 0 Å². The van der Waals surface area contributed by atoms with Crippen molar-refractivity contribution in [3.63, 3.8) is 0 Å². The first-order valence-electron chi connectivity index (χ1n) is 7.47. The minimum Gasteiger partial charge on any atom is -0.465 e. The lowest BCUT2D eigenvalue weighted by Gasteiger charge is -2.24. The van der Waals surface area contributed by atoms with E-state index in [1.165, 1.54) is 31.4 Å². The number of hydrogen-bond donors (Lipinski definition) is 1. The van der Waals surface area contributed by atoms with Crippen LogP contribution in [0.2, 0.25) is 0 Å². The van der Waals surface area contributed by atoms with Crippen LogP contribution in [0.5, 0.6) is 0 Å². The summed E-state index contributed by atoms with van der Waals surface area (Å²) in [5, 5.41) is 2.55. The zero-order valence-corrected chi connectivity index (χ0v) is 13.2. The number of anilines is 1. The lowest BCUT2D eigenvalue weighted by molar-refractivity contribution is -0.125. The Balaban J connectivity index is 1.81. The molecule has 3 rings (SSSR count). The Hall–Kier alpha value is -3.22. The summed E-state index contributed by atoms with van der Waals surface area (Å²) >= 11 is 0. The Labute approximate surface area is 142 Å². The van der Waals surface area contributed by atoms with Crippen molar-refractivity contribution >= 4 is 23.5 Å². The van der Waals surface area contributed by atoms with Gasteiger partial charge in [0.15, 0.2) is 6.10 Å². The van der Waals surface area contributed by atoms with Crippen LogP contribution in [-0.4, -0.2) is 31.1 Å². The molecule has 2 aromatic carbocycles. The number of fused-ring (bicyclic) bond motifs is 1. The third-order valence-electron chi connectivity index (χ3n) is 3.82. The molecular weight excluding hydrogens is 329 g/mol. The smallest absolute Gasteiger partial charge is 0.339 e. The van der Waals surface area contributed by atoms with Crippen LogP contribution in [0, 0.1) is 5.82 Å². The number of ether oxygens (including phenoxy) is 2. The van der Waals surface area contributed by atoms with Gasteiger partial charge in [-0.25, -0.2) is 14.0 Å². The number of amides is 1. The molecule has 7 heteroatoms. The fourth-order valence-corrected chi connectivity index (χ4v) is 2.60. The van der Waals surface area contributed by atoms with Crippen molar-refractivity contribution in [2.75, 3.05) is 12.4 Å². The second kappa shape index (κ2) is 6.72. The molecule has 1 atom stereocenters. The van der Waals surface area contributed by atoms with E-state index in [0.717, 1.165) is 6.07 Å². The first-order chi connectivity index (χ1) is 12.0. The van der Waals surface area contributed by atoms with Crippen molar-refractivity contribution in [2.24, 2.45) is 0 Å². The molecule has 128 valence electrons. The minimum atomic E-state index is -1.12. The average Bonchev–Trinajstić information content (AvgIpc) is 2.61. The predicted octanol–water partition coefficient (Wildman–Crippen LogP) is 2.33. The van der Waals surface area contributed by atoms with Gasteiger partial charge in [-0.1, -0.05) is 12.1 Å². The molecular formula is C18H14FNO5. The number of methoxy groups -OCH3 is 1. The van der Waals surface area contributed by atoms with Gasteiger partial charge in [0.25, 0.3) is 5.91 Å². The van der Waals surface area contributed by atoms with Gasteiger partial charge in [0, 0.05) is 6.42 Å². The van der Waals surface area contributed by atoms with Crippen molar-refractivity contribution in [1.29, 1.82) is 0 Å². The highest BCUT2D eigenvalue weighted by Crippen LogP contribution is 2.23. The molecule has 0 aromatic heterocycles. The van der Waals surface area contributed by atoms with Gasteiger partial charge in [-0.3, -0.25) is 4.79 Å². The third-order valence-corrected chi connectivity index (χ3v) is 3.82. The molecule has 0 saturated carbocycles. The number of benzene rings is 2. The van der Waals surface area contributed by atoms with E-state index in [2.05, 4.69) is 10.1 Å². The molecule has 0 saturated heterocycles. The van der Waals surface area contributed by atoms with Crippen molar-refractivity contribution in [1.82, 2.24) is 0 Å². The van der Waals surface area contributed by atoms with E-state index in [4.69, 9.17) is 4.74 Å². The number of rotatable bonds is 3. The number of hydrogen-bond acceptors (Lipinski definition) is 5. The lowest BCUT2D eigenvalue weighted by atomic mass is 9.98. The average molecular weight is 343 g/mol. The fraction of sp³-hybridized carbons (Fsp3) is 0.167. The molecule has 0 bridgehead atoms. The van der Waals surface area contributed by atoms with Crippen LogP contribution in [-0.2, 0) is 20.7 Å². The molecule has 1 heterocycles. The second-order valence-corrected chi connectivity index (χ2v) is 5.43. The molecule has 6 nitrogen and oxygen atoms in total. The monoisotopic (exact) mass is 343 g/mol. The molecule has 1 unspecified atom stereocenters. The summed E-state index contributed by atoms with van der Waals surface area (Å²) < 4.78 is 23.2. The Morgan fingerprint density at radius 3 is 2.76 bits per heavy atom. The molecule has 0 spiro atoms. The van der Waals surface area contributed by atoms with Gasteiger partial charge in [-0.2, -0.15) is 0 Å². The van der Waals surface area contributed by atoms with Crippen LogP contribution in [0.25, 0.3) is 0 Å². The van der Waals surface area contributed by atoms with Gasteiger partial charge >= 0.3 is 11.9 Å². The van der Waals surface area contributed by atoms with E-state index in [-0.39, 0.29) is 23.2 Å². The van der Waals surface area contributed by atoms with Gasteiger partial charge in [0.1, 0.15) is 5.82 Å². The predicted molar refractivity (Wildman–Crippen MR) is 85.7 cm³/mol. The molecule has 2 aromatic rings. The van der Waals surface area contributed by atoms with Gasteiger partial charge in [-0.05, 0) is 35.9 Å². The maximum atomic E-state index is 13.4. The SMILES string of the molecule is COC(=O)c1ccccc1NC(=O)C1Cc2cc(F)ccc2C(=O)O1. The highest BCUT2D eigenvalue weighted by molar-refractivity contribution is 6.04. The Bertz CT molecular complexity index is 864. The maximum Gasteiger partial charge on any atom is 0.339 e. The quantitative estimate of drug-likeness (QED) is 0.865. The fourth-order valence-electron chi connectivity index (χ4n) is 2.60. The van der Waals surface area contributed by atoms with Crippen LogP contribution < -0.4 is 5.32 Å². The zero-order valence-electron chi connectivity index (χ0n) is 13.2. The molecule has 1 amide bonds. The Morgan fingerprint density at radius 2 is 2.00 bits per heavy atom. The Morgan fingerprint density at radius 1 is 1.24 bits per heavy atom.